The summed E-state index contributed by atoms with van der Waals surface area (Å²) in [7, 11) is 0. The monoisotopic (exact) mass is 348 g/mol. The predicted molar refractivity (Wildman–Crippen MR) is 79.8 cm³/mol. The van der Waals surface area contributed by atoms with Crippen molar-refractivity contribution >= 4 is 12.0 Å². The Labute approximate surface area is 137 Å². The number of urea groups is 1. The number of carbonyl (C=O) groups excluding carboxylic acids is 1. The molecule has 0 bridgehead atoms. The van der Waals surface area contributed by atoms with Crippen LogP contribution in [-0.2, 0) is 11.0 Å². The number of para-hydroxylation sites is 1. The van der Waals surface area contributed by atoms with Gasteiger partial charge in [-0.2, -0.15) is 13.2 Å². The Hall–Kier alpha value is -2.45. The van der Waals surface area contributed by atoms with Crippen LogP contribution in [-0.4, -0.2) is 36.3 Å². The molecule has 2 amide bonds. The minimum absolute atomic E-state index is 0.0123. The molecule has 0 fully saturated rings. The second-order valence-corrected chi connectivity index (χ2v) is 4.92. The molecule has 1 aromatic carbocycles. The summed E-state index contributed by atoms with van der Waals surface area (Å²) in [5.41, 5.74) is -0.880. The van der Waals surface area contributed by atoms with E-state index in [9.17, 15) is 22.8 Å². The summed E-state index contributed by atoms with van der Waals surface area (Å²) in [6, 6.07) is 4.24. The largest absolute Gasteiger partial charge is 0.488 e. The maximum absolute atomic E-state index is 12.9. The van der Waals surface area contributed by atoms with Crippen LogP contribution in [0, 0.1) is 0 Å². The van der Waals surface area contributed by atoms with Gasteiger partial charge in [-0.15, -0.1) is 0 Å². The predicted octanol–water partition coefficient (Wildman–Crippen LogP) is 2.64. The highest BCUT2D eigenvalue weighted by Gasteiger charge is 2.34. The highest BCUT2D eigenvalue weighted by molar-refractivity contribution is 5.74. The minimum Gasteiger partial charge on any atom is -0.488 e. The van der Waals surface area contributed by atoms with E-state index in [1.165, 1.54) is 18.2 Å². The Morgan fingerprint density at radius 2 is 1.92 bits per heavy atom. The number of rotatable bonds is 8. The summed E-state index contributed by atoms with van der Waals surface area (Å²) in [6.07, 6.45) is -5.03. The zero-order chi connectivity index (χ0) is 18.2. The molecule has 0 heterocycles. The van der Waals surface area contributed by atoms with Crippen LogP contribution < -0.4 is 15.4 Å². The topological polar surface area (TPSA) is 87.7 Å². The first kappa shape index (κ1) is 19.6. The first-order chi connectivity index (χ1) is 11.2. The SMILES string of the molecule is CCC(CNC(=O)NCCC(=O)O)Oc1ccccc1C(F)(F)F. The van der Waals surface area contributed by atoms with E-state index in [0.717, 1.165) is 6.07 Å². The normalized spacial score (nSPS) is 12.3. The van der Waals surface area contributed by atoms with Gasteiger partial charge in [0.25, 0.3) is 0 Å². The van der Waals surface area contributed by atoms with Crippen molar-refractivity contribution in [3.63, 3.8) is 0 Å². The van der Waals surface area contributed by atoms with Crippen LogP contribution in [0.5, 0.6) is 5.75 Å². The summed E-state index contributed by atoms with van der Waals surface area (Å²) in [4.78, 5) is 21.8. The average Bonchev–Trinajstić information content (AvgIpc) is 2.50. The van der Waals surface area contributed by atoms with Gasteiger partial charge >= 0.3 is 18.2 Å². The van der Waals surface area contributed by atoms with E-state index in [4.69, 9.17) is 9.84 Å². The van der Waals surface area contributed by atoms with E-state index in [1.54, 1.807) is 6.92 Å². The van der Waals surface area contributed by atoms with Gasteiger partial charge in [-0.3, -0.25) is 4.79 Å². The molecular formula is C15H19F3N2O4. The Balaban J connectivity index is 2.57. The number of alkyl halides is 3. The number of aliphatic carboxylic acids is 1. The minimum atomic E-state index is -4.53. The maximum Gasteiger partial charge on any atom is 0.419 e. The second kappa shape index (κ2) is 8.99. The molecular weight excluding hydrogens is 329 g/mol. The second-order valence-electron chi connectivity index (χ2n) is 4.92. The summed E-state index contributed by atoms with van der Waals surface area (Å²) in [6.45, 7) is 1.65. The van der Waals surface area contributed by atoms with Crippen LogP contribution in [0.4, 0.5) is 18.0 Å². The number of halogens is 3. The van der Waals surface area contributed by atoms with Crippen molar-refractivity contribution in [2.24, 2.45) is 0 Å². The lowest BCUT2D eigenvalue weighted by molar-refractivity contribution is -0.139. The fourth-order valence-corrected chi connectivity index (χ4v) is 1.80. The lowest BCUT2D eigenvalue weighted by atomic mass is 10.2. The average molecular weight is 348 g/mol. The first-order valence-corrected chi connectivity index (χ1v) is 7.30. The molecule has 24 heavy (non-hydrogen) atoms. The van der Waals surface area contributed by atoms with Gasteiger partial charge in [0.15, 0.2) is 0 Å². The highest BCUT2D eigenvalue weighted by atomic mass is 19.4. The van der Waals surface area contributed by atoms with Crippen molar-refractivity contribution in [3.8, 4) is 5.75 Å². The van der Waals surface area contributed by atoms with Crippen molar-refractivity contribution in [2.75, 3.05) is 13.1 Å². The van der Waals surface area contributed by atoms with Gasteiger partial charge < -0.3 is 20.5 Å². The number of amides is 2. The van der Waals surface area contributed by atoms with Gasteiger partial charge in [0.2, 0.25) is 0 Å². The molecule has 0 aliphatic heterocycles. The van der Waals surface area contributed by atoms with Gasteiger partial charge in [-0.05, 0) is 18.6 Å². The van der Waals surface area contributed by atoms with Crippen LogP contribution in [0.1, 0.15) is 25.3 Å². The summed E-state index contributed by atoms with van der Waals surface area (Å²) in [5, 5.41) is 13.2. The number of hydrogen-bond donors (Lipinski definition) is 3. The number of hydrogen-bond acceptors (Lipinski definition) is 3. The molecule has 134 valence electrons. The smallest absolute Gasteiger partial charge is 0.419 e. The van der Waals surface area contributed by atoms with E-state index in [0.29, 0.717) is 6.42 Å². The third-order valence-corrected chi connectivity index (χ3v) is 3.06. The van der Waals surface area contributed by atoms with E-state index < -0.39 is 29.8 Å². The van der Waals surface area contributed by atoms with Crippen molar-refractivity contribution < 1.29 is 32.6 Å². The standard InChI is InChI=1S/C15H19F3N2O4/c1-2-10(9-20-14(23)19-8-7-13(21)22)24-12-6-4-3-5-11(12)15(16,17)18/h3-6,10H,2,7-9H2,1H3,(H,21,22)(H2,19,20,23). The van der Waals surface area contributed by atoms with Gasteiger partial charge in [0, 0.05) is 6.54 Å². The van der Waals surface area contributed by atoms with Crippen molar-refractivity contribution in [3.05, 3.63) is 29.8 Å². The number of carbonyl (C=O) groups is 2. The van der Waals surface area contributed by atoms with Gasteiger partial charge in [-0.25, -0.2) is 4.79 Å². The lowest BCUT2D eigenvalue weighted by Gasteiger charge is -2.21. The van der Waals surface area contributed by atoms with Crippen LogP contribution in [0.25, 0.3) is 0 Å². The molecule has 0 saturated carbocycles. The van der Waals surface area contributed by atoms with Crippen molar-refractivity contribution in [2.45, 2.75) is 32.0 Å². The highest BCUT2D eigenvalue weighted by Crippen LogP contribution is 2.36. The van der Waals surface area contributed by atoms with Crippen molar-refractivity contribution in [1.29, 1.82) is 0 Å². The van der Waals surface area contributed by atoms with Crippen molar-refractivity contribution in [1.82, 2.24) is 10.6 Å². The maximum atomic E-state index is 12.9. The fourth-order valence-electron chi connectivity index (χ4n) is 1.80. The summed E-state index contributed by atoms with van der Waals surface area (Å²) >= 11 is 0. The molecule has 6 nitrogen and oxygen atoms in total. The molecule has 1 unspecified atom stereocenters. The quantitative estimate of drug-likeness (QED) is 0.674. The molecule has 1 atom stereocenters. The molecule has 0 aromatic heterocycles. The molecule has 0 saturated heterocycles. The van der Waals surface area contributed by atoms with E-state index >= 15 is 0 Å². The molecule has 3 N–H and O–H groups in total. The zero-order valence-electron chi connectivity index (χ0n) is 13.0. The van der Waals surface area contributed by atoms with Crippen LogP contribution in [0.2, 0.25) is 0 Å². The van der Waals surface area contributed by atoms with Crippen LogP contribution in [0.3, 0.4) is 0 Å². The van der Waals surface area contributed by atoms with Gasteiger partial charge in [0.05, 0.1) is 18.5 Å². The van der Waals surface area contributed by atoms with E-state index in [1.807, 2.05) is 0 Å². The van der Waals surface area contributed by atoms with Gasteiger partial charge in [0.1, 0.15) is 11.9 Å². The Morgan fingerprint density at radius 1 is 1.25 bits per heavy atom. The third kappa shape index (κ3) is 6.76. The zero-order valence-corrected chi connectivity index (χ0v) is 13.0. The Bertz CT molecular complexity index is 564. The van der Waals surface area contributed by atoms with Crippen LogP contribution in [0.15, 0.2) is 24.3 Å². The van der Waals surface area contributed by atoms with E-state index in [-0.39, 0.29) is 25.3 Å². The lowest BCUT2D eigenvalue weighted by Crippen LogP contribution is -2.41. The number of nitrogens with one attached hydrogen (secondary N) is 2. The fraction of sp³-hybridized carbons (Fsp3) is 0.467. The number of benzene rings is 1. The molecule has 1 aromatic rings. The van der Waals surface area contributed by atoms with Gasteiger partial charge in [-0.1, -0.05) is 19.1 Å². The number of carboxylic acid groups (broad SMARTS) is 1. The molecule has 0 radical (unpaired) electrons. The number of carboxylic acids is 1. The summed E-state index contributed by atoms with van der Waals surface area (Å²) < 4.78 is 44.1. The third-order valence-electron chi connectivity index (χ3n) is 3.06. The van der Waals surface area contributed by atoms with E-state index in [2.05, 4.69) is 10.6 Å². The van der Waals surface area contributed by atoms with Crippen LogP contribution >= 0.6 is 0 Å². The molecule has 0 spiro atoms. The summed E-state index contributed by atoms with van der Waals surface area (Å²) in [5.74, 6) is -1.35. The molecule has 9 heteroatoms. The first-order valence-electron chi connectivity index (χ1n) is 7.30. The molecule has 0 aliphatic rings. The Morgan fingerprint density at radius 3 is 2.50 bits per heavy atom. The molecule has 0 aliphatic carbocycles. The Kier molecular flexibility index (Phi) is 7.34. The molecule has 1 rings (SSSR count). The number of ether oxygens (including phenoxy) is 1.